The molecule has 0 aromatic heterocycles. The van der Waals surface area contributed by atoms with Gasteiger partial charge < -0.3 is 24.4 Å². The number of carbonyl (C=O) groups excluding carboxylic acids is 3. The third-order valence-electron chi connectivity index (χ3n) is 11.9. The zero-order chi connectivity index (χ0) is 32.0. The van der Waals surface area contributed by atoms with E-state index in [4.69, 9.17) is 14.2 Å². The second-order valence-corrected chi connectivity index (χ2v) is 14.8. The van der Waals surface area contributed by atoms with Crippen molar-refractivity contribution >= 4 is 17.9 Å². The highest BCUT2D eigenvalue weighted by molar-refractivity contribution is 5.68. The molecule has 8 nitrogen and oxygen atoms in total. The lowest BCUT2D eigenvalue weighted by atomic mass is 9.45. The van der Waals surface area contributed by atoms with Gasteiger partial charge in [0.05, 0.1) is 12.7 Å². The van der Waals surface area contributed by atoms with E-state index in [1.165, 1.54) is 20.8 Å². The van der Waals surface area contributed by atoms with Gasteiger partial charge in [-0.25, -0.2) is 0 Å². The first-order valence-electron chi connectivity index (χ1n) is 16.3. The normalized spacial score (nSPS) is 40.4. The maximum atomic E-state index is 12.4. The summed E-state index contributed by atoms with van der Waals surface area (Å²) in [6.45, 7) is 17.3. The van der Waals surface area contributed by atoms with Crippen LogP contribution in [0.3, 0.4) is 0 Å². The highest BCUT2D eigenvalue weighted by Crippen LogP contribution is 2.67. The van der Waals surface area contributed by atoms with Crippen LogP contribution in [-0.4, -0.2) is 59.1 Å². The fraction of sp³-hybridized carbons (Fsp3) is 0.800. The smallest absolute Gasteiger partial charge is 0.303 e. The molecule has 3 saturated carbocycles. The number of fused-ring (bicyclic) bond motifs is 5. The van der Waals surface area contributed by atoms with Gasteiger partial charge in [-0.15, -0.1) is 0 Å². The molecular formula is C35H54O8. The molecule has 3 fully saturated rings. The lowest BCUT2D eigenvalue weighted by Crippen LogP contribution is -2.63. The Bertz CT molecular complexity index is 1140. The first kappa shape index (κ1) is 33.7. The molecule has 2 unspecified atom stereocenters. The van der Waals surface area contributed by atoms with Crippen molar-refractivity contribution in [2.24, 2.45) is 52.3 Å². The molecule has 4 rings (SSSR count). The number of hydrogen-bond donors (Lipinski definition) is 2. The fourth-order valence-corrected chi connectivity index (χ4v) is 9.83. The maximum Gasteiger partial charge on any atom is 0.303 e. The highest BCUT2D eigenvalue weighted by Gasteiger charge is 2.65. The molecule has 0 spiro atoms. The van der Waals surface area contributed by atoms with E-state index in [0.29, 0.717) is 31.1 Å². The van der Waals surface area contributed by atoms with Crippen LogP contribution in [0.5, 0.6) is 0 Å². The molecule has 0 aromatic carbocycles. The lowest BCUT2D eigenvalue weighted by molar-refractivity contribution is -0.210. The Labute approximate surface area is 257 Å². The van der Waals surface area contributed by atoms with Crippen molar-refractivity contribution in [3.05, 3.63) is 23.3 Å². The topological polar surface area (TPSA) is 119 Å². The summed E-state index contributed by atoms with van der Waals surface area (Å²) in [4.78, 5) is 36.8. The molecular weight excluding hydrogens is 548 g/mol. The van der Waals surface area contributed by atoms with E-state index < -0.39 is 53.7 Å². The molecule has 12 atom stereocenters. The summed E-state index contributed by atoms with van der Waals surface area (Å²) >= 11 is 0. The van der Waals surface area contributed by atoms with Crippen molar-refractivity contribution in [1.29, 1.82) is 0 Å². The fourth-order valence-electron chi connectivity index (χ4n) is 9.83. The number of hydrogen-bond acceptors (Lipinski definition) is 8. The zero-order valence-corrected chi connectivity index (χ0v) is 27.6. The molecule has 4 aliphatic carbocycles. The second-order valence-electron chi connectivity index (χ2n) is 14.8. The van der Waals surface area contributed by atoms with E-state index in [9.17, 15) is 24.6 Å². The minimum atomic E-state index is -0.802. The second kappa shape index (κ2) is 12.7. The van der Waals surface area contributed by atoms with Crippen LogP contribution < -0.4 is 0 Å². The Hall–Kier alpha value is -2.19. The van der Waals surface area contributed by atoms with Crippen molar-refractivity contribution in [2.75, 3.05) is 6.61 Å². The van der Waals surface area contributed by atoms with E-state index in [-0.39, 0.29) is 35.7 Å². The van der Waals surface area contributed by atoms with Gasteiger partial charge in [-0.05, 0) is 84.2 Å². The van der Waals surface area contributed by atoms with Gasteiger partial charge in [-0.1, -0.05) is 53.2 Å². The quantitative estimate of drug-likeness (QED) is 0.215. The number of carbonyl (C=O) groups is 3. The highest BCUT2D eigenvalue weighted by atomic mass is 16.6. The molecule has 2 N–H and O–H groups in total. The number of esters is 3. The first-order valence-corrected chi connectivity index (χ1v) is 16.3. The summed E-state index contributed by atoms with van der Waals surface area (Å²) in [5, 5.41) is 22.3. The molecule has 0 aromatic rings. The number of aliphatic hydroxyl groups excluding tert-OH is 2. The maximum absolute atomic E-state index is 12.4. The average molecular weight is 603 g/mol. The molecule has 0 heterocycles. The Balaban J connectivity index is 1.77. The number of aliphatic hydroxyl groups is 2. The van der Waals surface area contributed by atoms with Crippen LogP contribution in [0.25, 0.3) is 0 Å². The standard InChI is InChI=1S/C35H54O8/c1-18(2)20(4)24(17-36)14-19(3)26-10-11-27-25-15-30(42-22(6)38)32-33(43-23(7)39)29(41-21(5)37)12-13-34(32,8)31(25)28(40)16-35(26,27)9/h14-15,18-20,26-33,36,40H,10-13,16-17H2,1-9H3/b24-14+/t19?,20?,26-,27+,28-,29+,30+,31-,32+,33+,34-,35-/m1/s1. The van der Waals surface area contributed by atoms with Crippen molar-refractivity contribution < 1.29 is 38.8 Å². The minimum Gasteiger partial charge on any atom is -0.459 e. The summed E-state index contributed by atoms with van der Waals surface area (Å²) in [6.07, 6.45) is 5.27. The van der Waals surface area contributed by atoms with Gasteiger partial charge >= 0.3 is 17.9 Å². The summed E-state index contributed by atoms with van der Waals surface area (Å²) in [5.74, 6) is -0.585. The van der Waals surface area contributed by atoms with Crippen molar-refractivity contribution in [3.63, 3.8) is 0 Å². The largest absolute Gasteiger partial charge is 0.459 e. The average Bonchev–Trinajstić information content (AvgIpc) is 3.23. The van der Waals surface area contributed by atoms with Crippen molar-refractivity contribution in [3.8, 4) is 0 Å². The van der Waals surface area contributed by atoms with Crippen LogP contribution in [0, 0.1) is 52.3 Å². The monoisotopic (exact) mass is 602 g/mol. The van der Waals surface area contributed by atoms with Gasteiger partial charge in [-0.3, -0.25) is 14.4 Å². The van der Waals surface area contributed by atoms with E-state index >= 15 is 0 Å². The van der Waals surface area contributed by atoms with Gasteiger partial charge in [0.1, 0.15) is 18.3 Å². The first-order chi connectivity index (χ1) is 20.0. The Morgan fingerprint density at radius 3 is 2.14 bits per heavy atom. The number of ether oxygens (including phenoxy) is 3. The molecule has 43 heavy (non-hydrogen) atoms. The molecule has 4 aliphatic rings. The Morgan fingerprint density at radius 1 is 0.953 bits per heavy atom. The number of rotatable bonds is 8. The Kier molecular flexibility index (Phi) is 9.92. The molecule has 8 heteroatoms. The van der Waals surface area contributed by atoms with E-state index in [0.717, 1.165) is 24.0 Å². The molecule has 242 valence electrons. The Morgan fingerprint density at radius 2 is 1.58 bits per heavy atom. The molecule has 0 saturated heterocycles. The summed E-state index contributed by atoms with van der Waals surface area (Å²) < 4.78 is 17.5. The van der Waals surface area contributed by atoms with Crippen molar-refractivity contribution in [1.82, 2.24) is 0 Å². The van der Waals surface area contributed by atoms with Crippen molar-refractivity contribution in [2.45, 2.75) is 119 Å². The summed E-state index contributed by atoms with van der Waals surface area (Å²) in [7, 11) is 0. The SMILES string of the molecule is CC(=O)O[C@@H]1[C@@H]2[C@@H](OC(C)=O)C=C3[C@H]([C@H](O)C[C@]4(C)[C@@H](C(C)/C=C(\CO)C(C)C(C)C)CC[C@@H]34)[C@@]2(C)CC[C@@H]1OC(C)=O. The summed E-state index contributed by atoms with van der Waals surface area (Å²) in [5.41, 5.74) is 1.50. The molecule has 0 radical (unpaired) electrons. The van der Waals surface area contributed by atoms with Gasteiger partial charge in [0, 0.05) is 32.6 Å². The van der Waals surface area contributed by atoms with E-state index in [1.807, 2.05) is 6.08 Å². The van der Waals surface area contributed by atoms with Gasteiger partial charge in [0.25, 0.3) is 0 Å². The van der Waals surface area contributed by atoms with Crippen LogP contribution >= 0.6 is 0 Å². The molecule has 0 bridgehead atoms. The predicted octanol–water partition coefficient (Wildman–Crippen LogP) is 5.40. The minimum absolute atomic E-state index is 0.0496. The van der Waals surface area contributed by atoms with Gasteiger partial charge in [0.2, 0.25) is 0 Å². The van der Waals surface area contributed by atoms with Gasteiger partial charge in [0.15, 0.2) is 0 Å². The van der Waals surface area contributed by atoms with Crippen LogP contribution in [0.2, 0.25) is 0 Å². The van der Waals surface area contributed by atoms with Gasteiger partial charge in [-0.2, -0.15) is 0 Å². The predicted molar refractivity (Wildman–Crippen MR) is 162 cm³/mol. The summed E-state index contributed by atoms with van der Waals surface area (Å²) in [6, 6.07) is 0. The number of allylic oxidation sites excluding steroid dienone is 1. The van der Waals surface area contributed by atoms with E-state index in [1.54, 1.807) is 0 Å². The van der Waals surface area contributed by atoms with Crippen LogP contribution in [0.1, 0.15) is 94.4 Å². The van der Waals surface area contributed by atoms with Crippen LogP contribution in [0.4, 0.5) is 0 Å². The third kappa shape index (κ3) is 6.20. The van der Waals surface area contributed by atoms with Crippen LogP contribution in [0.15, 0.2) is 23.3 Å². The molecule has 0 aliphatic heterocycles. The molecule has 0 amide bonds. The van der Waals surface area contributed by atoms with E-state index in [2.05, 4.69) is 47.6 Å². The lowest BCUT2D eigenvalue weighted by Gasteiger charge is -2.61. The van der Waals surface area contributed by atoms with Crippen LogP contribution in [-0.2, 0) is 28.6 Å². The zero-order valence-electron chi connectivity index (χ0n) is 27.6. The third-order valence-corrected chi connectivity index (χ3v) is 11.9.